The zero-order valence-electron chi connectivity index (χ0n) is 14.0. The summed E-state index contributed by atoms with van der Waals surface area (Å²) in [7, 11) is 0. The van der Waals surface area contributed by atoms with Crippen LogP contribution in [0.2, 0.25) is 0 Å². The summed E-state index contributed by atoms with van der Waals surface area (Å²) >= 11 is 0. The molecule has 0 saturated carbocycles. The molecule has 0 fully saturated rings. The predicted octanol–water partition coefficient (Wildman–Crippen LogP) is 3.10. The molecule has 0 unspecified atom stereocenters. The van der Waals surface area contributed by atoms with E-state index < -0.39 is 0 Å². The van der Waals surface area contributed by atoms with Gasteiger partial charge in [-0.2, -0.15) is 5.10 Å². The number of nitrogens with one attached hydrogen (secondary N) is 1. The Labute approximate surface area is 140 Å². The molecule has 0 radical (unpaired) electrons. The molecule has 1 amide bonds. The second-order valence-corrected chi connectivity index (χ2v) is 5.68. The Kier molecular flexibility index (Phi) is 4.46. The molecule has 0 spiro atoms. The Morgan fingerprint density at radius 1 is 1.25 bits per heavy atom. The largest absolute Gasteiger partial charge is 0.444 e. The van der Waals surface area contributed by atoms with E-state index >= 15 is 0 Å². The predicted molar refractivity (Wildman–Crippen MR) is 90.5 cm³/mol. The first-order chi connectivity index (χ1) is 11.6. The summed E-state index contributed by atoms with van der Waals surface area (Å²) in [5.41, 5.74) is 4.15. The second kappa shape index (κ2) is 6.70. The van der Waals surface area contributed by atoms with Gasteiger partial charge in [0.25, 0.3) is 5.91 Å². The van der Waals surface area contributed by atoms with Crippen molar-refractivity contribution in [3.63, 3.8) is 0 Å². The number of carbonyl (C=O) groups is 1. The van der Waals surface area contributed by atoms with Crippen molar-refractivity contribution < 1.29 is 9.21 Å². The molecule has 3 rings (SSSR count). The number of hydrogen-bond acceptors (Lipinski definition) is 4. The van der Waals surface area contributed by atoms with Crippen LogP contribution < -0.4 is 5.32 Å². The first-order valence-electron chi connectivity index (χ1n) is 7.91. The maximum absolute atomic E-state index is 12.3. The summed E-state index contributed by atoms with van der Waals surface area (Å²) in [5.74, 6) is 0.381. The number of aryl methyl sites for hydroxylation is 3. The highest BCUT2D eigenvalue weighted by molar-refractivity contribution is 5.92. The van der Waals surface area contributed by atoms with Crippen LogP contribution >= 0.6 is 0 Å². The van der Waals surface area contributed by atoms with Gasteiger partial charge >= 0.3 is 0 Å². The fraction of sp³-hybridized carbons (Fsp3) is 0.278. The molecule has 124 valence electrons. The zero-order chi connectivity index (χ0) is 17.1. The van der Waals surface area contributed by atoms with E-state index in [1.807, 2.05) is 45.0 Å². The molecular formula is C18H20N4O2. The van der Waals surface area contributed by atoms with Gasteiger partial charge in [0.05, 0.1) is 17.9 Å². The van der Waals surface area contributed by atoms with Gasteiger partial charge in [-0.05, 0) is 39.0 Å². The lowest BCUT2D eigenvalue weighted by Gasteiger charge is -2.04. The summed E-state index contributed by atoms with van der Waals surface area (Å²) in [6, 6.07) is 9.72. The number of rotatable bonds is 5. The summed E-state index contributed by atoms with van der Waals surface area (Å²) in [5, 5.41) is 7.13. The lowest BCUT2D eigenvalue weighted by Crippen LogP contribution is -2.25. The van der Waals surface area contributed by atoms with Crippen molar-refractivity contribution in [3.05, 3.63) is 59.2 Å². The van der Waals surface area contributed by atoms with E-state index in [1.54, 1.807) is 17.0 Å². The maximum Gasteiger partial charge on any atom is 0.269 e. The third-order valence-electron chi connectivity index (χ3n) is 3.71. The second-order valence-electron chi connectivity index (χ2n) is 5.68. The lowest BCUT2D eigenvalue weighted by atomic mass is 10.1. The van der Waals surface area contributed by atoms with Crippen LogP contribution in [0, 0.1) is 13.8 Å². The number of aromatic nitrogens is 3. The Hall–Kier alpha value is -2.89. The van der Waals surface area contributed by atoms with Gasteiger partial charge < -0.3 is 9.73 Å². The fourth-order valence-electron chi connectivity index (χ4n) is 2.45. The van der Waals surface area contributed by atoms with E-state index in [1.165, 1.54) is 5.56 Å². The molecular weight excluding hydrogens is 304 g/mol. The number of amides is 1. The maximum atomic E-state index is 12.3. The molecule has 0 bridgehead atoms. The minimum Gasteiger partial charge on any atom is -0.444 e. The van der Waals surface area contributed by atoms with Crippen LogP contribution in [0.5, 0.6) is 0 Å². The van der Waals surface area contributed by atoms with Gasteiger partial charge in [-0.25, -0.2) is 4.98 Å². The van der Waals surface area contributed by atoms with Crippen molar-refractivity contribution in [3.8, 4) is 11.5 Å². The van der Waals surface area contributed by atoms with Gasteiger partial charge in [-0.15, -0.1) is 0 Å². The molecule has 6 heteroatoms. The van der Waals surface area contributed by atoms with Crippen molar-refractivity contribution in [1.29, 1.82) is 0 Å². The Morgan fingerprint density at radius 3 is 2.71 bits per heavy atom. The first kappa shape index (κ1) is 16.0. The third kappa shape index (κ3) is 3.37. The Morgan fingerprint density at radius 2 is 2.00 bits per heavy atom. The topological polar surface area (TPSA) is 73.0 Å². The van der Waals surface area contributed by atoms with Gasteiger partial charge in [0, 0.05) is 12.1 Å². The monoisotopic (exact) mass is 324 g/mol. The molecule has 1 N–H and O–H groups in total. The Balaban J connectivity index is 1.67. The minimum atomic E-state index is -0.169. The van der Waals surface area contributed by atoms with Crippen LogP contribution in [0.15, 0.2) is 41.0 Å². The molecule has 24 heavy (non-hydrogen) atoms. The molecule has 0 aliphatic heterocycles. The van der Waals surface area contributed by atoms with Gasteiger partial charge in [-0.3, -0.25) is 9.48 Å². The van der Waals surface area contributed by atoms with E-state index in [9.17, 15) is 4.79 Å². The van der Waals surface area contributed by atoms with Crippen molar-refractivity contribution in [1.82, 2.24) is 20.1 Å². The summed E-state index contributed by atoms with van der Waals surface area (Å²) in [6.07, 6.45) is 1.57. The van der Waals surface area contributed by atoms with E-state index in [2.05, 4.69) is 15.4 Å². The highest BCUT2D eigenvalue weighted by Gasteiger charge is 2.14. The van der Waals surface area contributed by atoms with Crippen LogP contribution in [-0.4, -0.2) is 20.7 Å². The molecule has 0 aliphatic rings. The molecule has 2 heterocycles. The lowest BCUT2D eigenvalue weighted by molar-refractivity contribution is 0.0939. The highest BCUT2D eigenvalue weighted by atomic mass is 16.3. The van der Waals surface area contributed by atoms with Crippen molar-refractivity contribution in [2.24, 2.45) is 0 Å². The van der Waals surface area contributed by atoms with Crippen LogP contribution in [0.1, 0.15) is 34.4 Å². The highest BCUT2D eigenvalue weighted by Crippen LogP contribution is 2.19. The van der Waals surface area contributed by atoms with Crippen molar-refractivity contribution in [2.75, 3.05) is 0 Å². The number of benzene rings is 1. The van der Waals surface area contributed by atoms with Crippen LogP contribution in [0.3, 0.4) is 0 Å². The van der Waals surface area contributed by atoms with E-state index in [0.29, 0.717) is 30.4 Å². The van der Waals surface area contributed by atoms with E-state index in [-0.39, 0.29) is 5.91 Å². The van der Waals surface area contributed by atoms with Crippen LogP contribution in [0.25, 0.3) is 11.5 Å². The molecule has 6 nitrogen and oxygen atoms in total. The molecule has 0 saturated heterocycles. The normalized spacial score (nSPS) is 10.8. The van der Waals surface area contributed by atoms with Gasteiger partial charge in [0.2, 0.25) is 5.89 Å². The summed E-state index contributed by atoms with van der Waals surface area (Å²) < 4.78 is 7.18. The third-order valence-corrected chi connectivity index (χ3v) is 3.71. The molecule has 0 atom stereocenters. The number of nitrogens with zero attached hydrogens (tertiary/aromatic N) is 3. The van der Waals surface area contributed by atoms with Gasteiger partial charge in [0.1, 0.15) is 12.0 Å². The number of carbonyl (C=O) groups excluding carboxylic acids is 1. The average Bonchev–Trinajstić information content (AvgIpc) is 3.19. The molecule has 1 aromatic carbocycles. The van der Waals surface area contributed by atoms with Gasteiger partial charge in [0.15, 0.2) is 0 Å². The number of oxazole rings is 1. The van der Waals surface area contributed by atoms with E-state index in [4.69, 9.17) is 4.42 Å². The standard InChI is InChI=1S/C18H20N4O2/c1-4-22-16(9-13(3)21-22)17(23)19-10-15-11-24-18(20-15)14-7-5-12(2)6-8-14/h5-9,11H,4,10H2,1-3H3,(H,19,23). The first-order valence-corrected chi connectivity index (χ1v) is 7.91. The van der Waals surface area contributed by atoms with E-state index in [0.717, 1.165) is 11.3 Å². The summed E-state index contributed by atoms with van der Waals surface area (Å²) in [4.78, 5) is 16.7. The summed E-state index contributed by atoms with van der Waals surface area (Å²) in [6.45, 7) is 6.81. The quantitative estimate of drug-likeness (QED) is 0.782. The number of hydrogen-bond donors (Lipinski definition) is 1. The van der Waals surface area contributed by atoms with Crippen LogP contribution in [0.4, 0.5) is 0 Å². The minimum absolute atomic E-state index is 0.169. The molecule has 2 aromatic heterocycles. The van der Waals surface area contributed by atoms with Crippen molar-refractivity contribution >= 4 is 5.91 Å². The smallest absolute Gasteiger partial charge is 0.269 e. The van der Waals surface area contributed by atoms with Crippen LogP contribution in [-0.2, 0) is 13.1 Å². The Bertz CT molecular complexity index is 846. The SMILES string of the molecule is CCn1nc(C)cc1C(=O)NCc1coc(-c2ccc(C)cc2)n1. The molecule has 0 aliphatic carbocycles. The fourth-order valence-corrected chi connectivity index (χ4v) is 2.45. The van der Waals surface area contributed by atoms with Gasteiger partial charge in [-0.1, -0.05) is 17.7 Å². The molecule has 3 aromatic rings. The van der Waals surface area contributed by atoms with Crippen molar-refractivity contribution in [2.45, 2.75) is 33.9 Å². The zero-order valence-corrected chi connectivity index (χ0v) is 14.0. The average molecular weight is 324 g/mol.